The van der Waals surface area contributed by atoms with Crippen molar-refractivity contribution in [1.82, 2.24) is 9.88 Å². The smallest absolute Gasteiger partial charge is 0.131 e. The second-order valence-corrected chi connectivity index (χ2v) is 5.26. The van der Waals surface area contributed by atoms with Crippen LogP contribution in [0.1, 0.15) is 0 Å². The Morgan fingerprint density at radius 1 is 1.14 bits per heavy atom. The van der Waals surface area contributed by atoms with Crippen LogP contribution in [0.3, 0.4) is 0 Å². The van der Waals surface area contributed by atoms with E-state index in [2.05, 4.69) is 9.88 Å². The standard InChI is InChI=1S/C17H21N3O2/c18-17-16(2-1-7-19-17)14-3-5-15(6-4-14)22-13-10-20-8-11-21-12-9-20/h1-7H,8-13H2,(H2,18,19). The molecule has 2 aromatic rings. The minimum atomic E-state index is 0.545. The first-order valence-electron chi connectivity index (χ1n) is 7.57. The number of benzene rings is 1. The van der Waals surface area contributed by atoms with Crippen molar-refractivity contribution in [3.05, 3.63) is 42.6 Å². The Kier molecular flexibility index (Phi) is 4.88. The van der Waals surface area contributed by atoms with E-state index in [1.807, 2.05) is 36.4 Å². The second-order valence-electron chi connectivity index (χ2n) is 5.26. The highest BCUT2D eigenvalue weighted by Gasteiger charge is 2.09. The highest BCUT2D eigenvalue weighted by molar-refractivity contribution is 5.73. The number of hydrogen-bond acceptors (Lipinski definition) is 5. The molecule has 1 aliphatic rings. The molecule has 1 fully saturated rings. The molecule has 2 heterocycles. The Morgan fingerprint density at radius 2 is 1.91 bits per heavy atom. The van der Waals surface area contributed by atoms with Crippen LogP contribution in [0.2, 0.25) is 0 Å². The fraction of sp³-hybridized carbons (Fsp3) is 0.353. The summed E-state index contributed by atoms with van der Waals surface area (Å²) in [5.41, 5.74) is 7.89. The van der Waals surface area contributed by atoms with Crippen molar-refractivity contribution in [2.45, 2.75) is 0 Å². The van der Waals surface area contributed by atoms with Gasteiger partial charge < -0.3 is 15.2 Å². The Morgan fingerprint density at radius 3 is 2.64 bits per heavy atom. The van der Waals surface area contributed by atoms with Crippen LogP contribution in [0.15, 0.2) is 42.6 Å². The fourth-order valence-electron chi connectivity index (χ4n) is 2.51. The van der Waals surface area contributed by atoms with Crippen molar-refractivity contribution < 1.29 is 9.47 Å². The third-order valence-electron chi connectivity index (χ3n) is 3.78. The second kappa shape index (κ2) is 7.24. The lowest BCUT2D eigenvalue weighted by Crippen LogP contribution is -2.38. The zero-order valence-electron chi connectivity index (χ0n) is 12.6. The van der Waals surface area contributed by atoms with Crippen LogP contribution in [0, 0.1) is 0 Å². The monoisotopic (exact) mass is 299 g/mol. The number of pyridine rings is 1. The normalized spacial score (nSPS) is 15.6. The number of nitrogen functional groups attached to an aromatic ring is 1. The third kappa shape index (κ3) is 3.75. The predicted molar refractivity (Wildman–Crippen MR) is 86.8 cm³/mol. The molecule has 1 aromatic carbocycles. The molecule has 0 amide bonds. The van der Waals surface area contributed by atoms with E-state index in [0.29, 0.717) is 12.4 Å². The van der Waals surface area contributed by atoms with Crippen molar-refractivity contribution in [1.29, 1.82) is 0 Å². The van der Waals surface area contributed by atoms with E-state index in [1.54, 1.807) is 6.20 Å². The van der Waals surface area contributed by atoms with Crippen LogP contribution >= 0.6 is 0 Å². The summed E-state index contributed by atoms with van der Waals surface area (Å²) in [6.45, 7) is 5.24. The van der Waals surface area contributed by atoms with E-state index in [4.69, 9.17) is 15.2 Å². The van der Waals surface area contributed by atoms with Gasteiger partial charge in [-0.1, -0.05) is 12.1 Å². The molecular formula is C17H21N3O2. The number of ether oxygens (including phenoxy) is 2. The van der Waals surface area contributed by atoms with Crippen LogP contribution in [0.4, 0.5) is 5.82 Å². The molecule has 0 aliphatic carbocycles. The van der Waals surface area contributed by atoms with Crippen LogP contribution in [0.25, 0.3) is 11.1 Å². The average Bonchev–Trinajstić information content (AvgIpc) is 2.57. The molecule has 1 saturated heterocycles. The zero-order valence-corrected chi connectivity index (χ0v) is 12.6. The van der Waals surface area contributed by atoms with E-state index < -0.39 is 0 Å². The maximum atomic E-state index is 5.90. The molecule has 2 N–H and O–H groups in total. The molecule has 0 spiro atoms. The fourth-order valence-corrected chi connectivity index (χ4v) is 2.51. The maximum absolute atomic E-state index is 5.90. The lowest BCUT2D eigenvalue weighted by Gasteiger charge is -2.26. The van der Waals surface area contributed by atoms with Crippen molar-refractivity contribution in [2.75, 3.05) is 45.2 Å². The van der Waals surface area contributed by atoms with Crippen molar-refractivity contribution in [2.24, 2.45) is 0 Å². The first kappa shape index (κ1) is 14.8. The third-order valence-corrected chi connectivity index (χ3v) is 3.78. The van der Waals surface area contributed by atoms with Crippen LogP contribution in [-0.2, 0) is 4.74 Å². The van der Waals surface area contributed by atoms with Crippen LogP contribution in [0.5, 0.6) is 5.75 Å². The quantitative estimate of drug-likeness (QED) is 0.915. The molecule has 5 nitrogen and oxygen atoms in total. The molecule has 3 rings (SSSR count). The molecule has 1 aromatic heterocycles. The van der Waals surface area contributed by atoms with Gasteiger partial charge >= 0.3 is 0 Å². The largest absolute Gasteiger partial charge is 0.492 e. The summed E-state index contributed by atoms with van der Waals surface area (Å²) < 4.78 is 11.1. The van der Waals surface area contributed by atoms with Gasteiger partial charge in [-0.15, -0.1) is 0 Å². The van der Waals surface area contributed by atoms with E-state index in [1.165, 1.54) is 0 Å². The molecule has 22 heavy (non-hydrogen) atoms. The van der Waals surface area contributed by atoms with E-state index in [0.717, 1.165) is 49.7 Å². The van der Waals surface area contributed by atoms with Gasteiger partial charge in [0.1, 0.15) is 18.2 Å². The van der Waals surface area contributed by atoms with Gasteiger partial charge in [-0.3, -0.25) is 4.90 Å². The molecule has 0 saturated carbocycles. The number of nitrogens with zero attached hydrogens (tertiary/aromatic N) is 2. The van der Waals surface area contributed by atoms with Gasteiger partial charge in [-0.05, 0) is 29.8 Å². The Balaban J connectivity index is 1.54. The van der Waals surface area contributed by atoms with Gasteiger partial charge in [0.2, 0.25) is 0 Å². The highest BCUT2D eigenvalue weighted by atomic mass is 16.5. The minimum Gasteiger partial charge on any atom is -0.492 e. The number of anilines is 1. The summed E-state index contributed by atoms with van der Waals surface area (Å²) in [5, 5.41) is 0. The number of morpholine rings is 1. The van der Waals surface area contributed by atoms with Crippen LogP contribution < -0.4 is 10.5 Å². The van der Waals surface area contributed by atoms with E-state index in [9.17, 15) is 0 Å². The molecule has 0 bridgehead atoms. The Hall–Kier alpha value is -2.11. The zero-order chi connectivity index (χ0) is 15.2. The molecule has 0 radical (unpaired) electrons. The van der Waals surface area contributed by atoms with Crippen molar-refractivity contribution in [3.8, 4) is 16.9 Å². The molecule has 1 aliphatic heterocycles. The Bertz CT molecular complexity index is 595. The number of rotatable bonds is 5. The van der Waals surface area contributed by atoms with Gasteiger partial charge in [0.25, 0.3) is 0 Å². The van der Waals surface area contributed by atoms with Gasteiger partial charge in [-0.25, -0.2) is 4.98 Å². The summed E-state index contributed by atoms with van der Waals surface area (Å²) >= 11 is 0. The molecule has 0 unspecified atom stereocenters. The first-order valence-corrected chi connectivity index (χ1v) is 7.57. The summed E-state index contributed by atoms with van der Waals surface area (Å²) in [6, 6.07) is 11.8. The number of hydrogen-bond donors (Lipinski definition) is 1. The summed E-state index contributed by atoms with van der Waals surface area (Å²) in [7, 11) is 0. The molecule has 116 valence electrons. The van der Waals surface area contributed by atoms with Crippen molar-refractivity contribution in [3.63, 3.8) is 0 Å². The lowest BCUT2D eigenvalue weighted by atomic mass is 10.1. The summed E-state index contributed by atoms with van der Waals surface area (Å²) in [6.07, 6.45) is 1.70. The SMILES string of the molecule is Nc1ncccc1-c1ccc(OCCN2CCOCC2)cc1. The number of nitrogens with two attached hydrogens (primary N) is 1. The van der Waals surface area contributed by atoms with Gasteiger partial charge in [0.15, 0.2) is 0 Å². The number of aromatic nitrogens is 1. The van der Waals surface area contributed by atoms with E-state index in [-0.39, 0.29) is 0 Å². The van der Waals surface area contributed by atoms with Crippen LogP contribution in [-0.4, -0.2) is 49.3 Å². The molecule has 0 atom stereocenters. The molecular weight excluding hydrogens is 278 g/mol. The molecule has 5 heteroatoms. The van der Waals surface area contributed by atoms with E-state index >= 15 is 0 Å². The van der Waals surface area contributed by atoms with Gasteiger partial charge in [0.05, 0.1) is 13.2 Å². The van der Waals surface area contributed by atoms with Gasteiger partial charge in [-0.2, -0.15) is 0 Å². The summed E-state index contributed by atoms with van der Waals surface area (Å²) in [4.78, 5) is 6.47. The highest BCUT2D eigenvalue weighted by Crippen LogP contribution is 2.25. The Labute approximate surface area is 130 Å². The minimum absolute atomic E-state index is 0.545. The lowest BCUT2D eigenvalue weighted by molar-refractivity contribution is 0.0322. The summed E-state index contributed by atoms with van der Waals surface area (Å²) in [5.74, 6) is 1.42. The topological polar surface area (TPSA) is 60.6 Å². The first-order chi connectivity index (χ1) is 10.8. The van der Waals surface area contributed by atoms with Gasteiger partial charge in [0, 0.05) is 31.4 Å². The average molecular weight is 299 g/mol. The maximum Gasteiger partial charge on any atom is 0.131 e. The van der Waals surface area contributed by atoms with Crippen molar-refractivity contribution >= 4 is 5.82 Å². The predicted octanol–water partition coefficient (Wildman–Crippen LogP) is 2.04.